The lowest BCUT2D eigenvalue weighted by atomic mass is 10.2. The second-order valence-corrected chi connectivity index (χ2v) is 3.04. The van der Waals surface area contributed by atoms with Crippen molar-refractivity contribution in [2.45, 2.75) is 52.4 Å². The van der Waals surface area contributed by atoms with Crippen molar-refractivity contribution in [3.05, 3.63) is 12.2 Å². The molecule has 3 nitrogen and oxygen atoms in total. The number of unbranched alkanes of at least 4 members (excludes halogenated alkanes) is 4. The van der Waals surface area contributed by atoms with E-state index >= 15 is 0 Å². The van der Waals surface area contributed by atoms with Crippen molar-refractivity contribution >= 4 is 6.16 Å². The number of allylic oxidation sites excluding steroid dienone is 2. The van der Waals surface area contributed by atoms with Crippen molar-refractivity contribution in [3.8, 4) is 0 Å². The summed E-state index contributed by atoms with van der Waals surface area (Å²) in [5.74, 6) is 0. The molecule has 14 heavy (non-hydrogen) atoms. The zero-order valence-corrected chi connectivity index (χ0v) is 9.20. The highest BCUT2D eigenvalue weighted by atomic mass is 16.6. The molecule has 84 valence electrons. The van der Waals surface area contributed by atoms with Crippen LogP contribution >= 0.6 is 0 Å². The van der Waals surface area contributed by atoms with E-state index in [0.29, 0.717) is 0 Å². The molecule has 0 atom stereocenters. The summed E-state index contributed by atoms with van der Waals surface area (Å²) in [7, 11) is 0. The largest absolute Gasteiger partial charge is 0.503 e. The van der Waals surface area contributed by atoms with Gasteiger partial charge in [0.05, 0.1) is 0 Å². The summed E-state index contributed by atoms with van der Waals surface area (Å²) in [6, 6.07) is 0. The fourth-order valence-corrected chi connectivity index (χ4v) is 0.880. The quantitative estimate of drug-likeness (QED) is 0.502. The fraction of sp³-hybridized carbons (Fsp3) is 0.727. The van der Waals surface area contributed by atoms with Crippen LogP contribution < -0.4 is 0 Å². The van der Waals surface area contributed by atoms with E-state index in [1.54, 1.807) is 0 Å². The molecule has 0 aromatic rings. The molecule has 3 heteroatoms. The summed E-state index contributed by atoms with van der Waals surface area (Å²) in [4.78, 5) is 8.56. The molecule has 0 unspecified atom stereocenters. The maximum Gasteiger partial charge on any atom is 0.503 e. The van der Waals surface area contributed by atoms with Gasteiger partial charge in [-0.1, -0.05) is 51.7 Å². The van der Waals surface area contributed by atoms with Gasteiger partial charge in [-0.3, -0.25) is 0 Å². The van der Waals surface area contributed by atoms with Gasteiger partial charge in [0.15, 0.2) is 0 Å². The molecule has 0 radical (unpaired) electrons. The van der Waals surface area contributed by atoms with Crippen molar-refractivity contribution in [3.63, 3.8) is 0 Å². The third-order valence-corrected chi connectivity index (χ3v) is 1.62. The SMILES string of the molecule is CCCCC=CCCCC.O=C(O)O. The Balaban J connectivity index is 0. The highest BCUT2D eigenvalue weighted by Crippen LogP contribution is 1.99. The van der Waals surface area contributed by atoms with Crippen molar-refractivity contribution < 1.29 is 15.0 Å². The third-order valence-electron chi connectivity index (χ3n) is 1.62. The summed E-state index contributed by atoms with van der Waals surface area (Å²) in [5.41, 5.74) is 0. The molecule has 0 fully saturated rings. The molecule has 0 aliphatic heterocycles. The second kappa shape index (κ2) is 14.5. The Labute approximate surface area is 86.5 Å². The minimum Gasteiger partial charge on any atom is -0.450 e. The van der Waals surface area contributed by atoms with Gasteiger partial charge in [-0.05, 0) is 12.8 Å². The first-order valence-corrected chi connectivity index (χ1v) is 5.22. The molecule has 0 spiro atoms. The molecule has 0 amide bonds. The molecule has 2 N–H and O–H groups in total. The second-order valence-electron chi connectivity index (χ2n) is 3.04. The molecule has 0 bridgehead atoms. The summed E-state index contributed by atoms with van der Waals surface area (Å²) in [6.45, 7) is 4.47. The number of hydrogen-bond acceptors (Lipinski definition) is 1. The van der Waals surface area contributed by atoms with Gasteiger partial charge in [0.2, 0.25) is 0 Å². The lowest BCUT2D eigenvalue weighted by Crippen LogP contribution is -1.81. The Morgan fingerprint density at radius 3 is 1.50 bits per heavy atom. The maximum absolute atomic E-state index is 8.56. The fourth-order valence-electron chi connectivity index (χ4n) is 0.880. The number of rotatable bonds is 6. The number of carboxylic acid groups (broad SMARTS) is 2. The van der Waals surface area contributed by atoms with Gasteiger partial charge in [0, 0.05) is 0 Å². The summed E-state index contributed by atoms with van der Waals surface area (Å²) in [5, 5.41) is 13.9. The predicted molar refractivity (Wildman–Crippen MR) is 58.8 cm³/mol. The molecule has 0 aliphatic rings. The van der Waals surface area contributed by atoms with E-state index in [1.165, 1.54) is 38.5 Å². The zero-order valence-electron chi connectivity index (χ0n) is 9.20. The monoisotopic (exact) mass is 202 g/mol. The van der Waals surface area contributed by atoms with E-state index in [4.69, 9.17) is 15.0 Å². The van der Waals surface area contributed by atoms with E-state index in [-0.39, 0.29) is 0 Å². The van der Waals surface area contributed by atoms with Gasteiger partial charge in [-0.25, -0.2) is 4.79 Å². The predicted octanol–water partition coefficient (Wildman–Crippen LogP) is 4.15. The Morgan fingerprint density at radius 1 is 1.00 bits per heavy atom. The Hall–Kier alpha value is -0.990. The smallest absolute Gasteiger partial charge is 0.450 e. The molecule has 0 rings (SSSR count). The van der Waals surface area contributed by atoms with Gasteiger partial charge in [0.25, 0.3) is 0 Å². The van der Waals surface area contributed by atoms with Crippen LogP contribution in [0.1, 0.15) is 52.4 Å². The molecular formula is C11H22O3. The van der Waals surface area contributed by atoms with Crippen LogP contribution in [0.2, 0.25) is 0 Å². The average molecular weight is 202 g/mol. The summed E-state index contributed by atoms with van der Waals surface area (Å²) in [6.07, 6.45) is 10.7. The van der Waals surface area contributed by atoms with Crippen LogP contribution in [-0.2, 0) is 0 Å². The Bertz CT molecular complexity index is 127. The highest BCUT2D eigenvalue weighted by Gasteiger charge is 1.78. The van der Waals surface area contributed by atoms with Crippen molar-refractivity contribution in [1.82, 2.24) is 0 Å². The summed E-state index contributed by atoms with van der Waals surface area (Å²) >= 11 is 0. The van der Waals surface area contributed by atoms with Gasteiger partial charge in [-0.15, -0.1) is 0 Å². The minimum absolute atomic E-state index is 1.28. The average Bonchev–Trinajstić information content (AvgIpc) is 2.10. The van der Waals surface area contributed by atoms with Crippen LogP contribution in [-0.4, -0.2) is 16.4 Å². The minimum atomic E-state index is -1.83. The number of hydrogen-bond donors (Lipinski definition) is 2. The van der Waals surface area contributed by atoms with Gasteiger partial charge >= 0.3 is 6.16 Å². The zero-order chi connectivity index (χ0) is 11.2. The van der Waals surface area contributed by atoms with Crippen LogP contribution in [0.5, 0.6) is 0 Å². The first-order valence-electron chi connectivity index (χ1n) is 5.22. The maximum atomic E-state index is 8.56. The lowest BCUT2D eigenvalue weighted by Gasteiger charge is -1.89. The first kappa shape index (κ1) is 15.5. The van der Waals surface area contributed by atoms with E-state index in [0.717, 1.165) is 0 Å². The third kappa shape index (κ3) is 30.5. The topological polar surface area (TPSA) is 57.5 Å². The van der Waals surface area contributed by atoms with E-state index < -0.39 is 6.16 Å². The summed E-state index contributed by atoms with van der Waals surface area (Å²) < 4.78 is 0. The molecular weight excluding hydrogens is 180 g/mol. The molecule has 0 heterocycles. The van der Waals surface area contributed by atoms with E-state index in [2.05, 4.69) is 26.0 Å². The number of carbonyl (C=O) groups is 1. The van der Waals surface area contributed by atoms with E-state index in [9.17, 15) is 0 Å². The first-order chi connectivity index (χ1) is 6.65. The van der Waals surface area contributed by atoms with Gasteiger partial charge < -0.3 is 10.2 Å². The molecule has 0 saturated heterocycles. The normalized spacial score (nSPS) is 9.57. The van der Waals surface area contributed by atoms with Crippen LogP contribution in [0.15, 0.2) is 12.2 Å². The Kier molecular flexibility index (Phi) is 16.1. The van der Waals surface area contributed by atoms with Crippen LogP contribution in [0, 0.1) is 0 Å². The van der Waals surface area contributed by atoms with Gasteiger partial charge in [-0.2, -0.15) is 0 Å². The van der Waals surface area contributed by atoms with Crippen LogP contribution in [0.25, 0.3) is 0 Å². The van der Waals surface area contributed by atoms with Gasteiger partial charge in [0.1, 0.15) is 0 Å². The molecule has 0 aliphatic carbocycles. The van der Waals surface area contributed by atoms with Crippen molar-refractivity contribution in [2.24, 2.45) is 0 Å². The lowest BCUT2D eigenvalue weighted by molar-refractivity contribution is 0.137. The highest BCUT2D eigenvalue weighted by molar-refractivity contribution is 5.53. The molecule has 0 saturated carbocycles. The van der Waals surface area contributed by atoms with E-state index in [1.807, 2.05) is 0 Å². The van der Waals surface area contributed by atoms with Crippen molar-refractivity contribution in [2.75, 3.05) is 0 Å². The van der Waals surface area contributed by atoms with Crippen LogP contribution in [0.4, 0.5) is 4.79 Å². The van der Waals surface area contributed by atoms with Crippen molar-refractivity contribution in [1.29, 1.82) is 0 Å². The standard InChI is InChI=1S/C10H20.CH2O3/c1-3-5-7-9-10-8-6-4-2;2-1(3)4/h9-10H,3-8H2,1-2H3;(H2,2,3,4). The van der Waals surface area contributed by atoms with Crippen LogP contribution in [0.3, 0.4) is 0 Å². The Morgan fingerprint density at radius 2 is 1.29 bits per heavy atom. The molecule has 0 aromatic heterocycles. The molecule has 0 aromatic carbocycles.